The maximum atomic E-state index is 11.6. The Labute approximate surface area is 65.8 Å². The van der Waals surface area contributed by atoms with E-state index in [1.165, 1.54) is 11.8 Å². The molecule has 0 saturated carbocycles. The molecule has 0 saturated heterocycles. The molecule has 0 bridgehead atoms. The summed E-state index contributed by atoms with van der Waals surface area (Å²) in [5, 5.41) is 0. The molecule has 0 unspecified atom stereocenters. The van der Waals surface area contributed by atoms with E-state index in [1.807, 2.05) is 0 Å². The molecule has 0 fully saturated rings. The van der Waals surface area contributed by atoms with Crippen LogP contribution < -0.4 is 0 Å². The Kier molecular flexibility index (Phi) is 5.48. The van der Waals surface area contributed by atoms with E-state index in [2.05, 4.69) is 15.9 Å². The van der Waals surface area contributed by atoms with Gasteiger partial charge in [-0.3, -0.25) is 5.75 Å². The fourth-order valence-electron chi connectivity index (χ4n) is 0.211. The monoisotopic (exact) mass is 215 g/mol. The van der Waals surface area contributed by atoms with Gasteiger partial charge < -0.3 is 11.8 Å². The summed E-state index contributed by atoms with van der Waals surface area (Å²) in [6, 6.07) is 0. The van der Waals surface area contributed by atoms with Gasteiger partial charge in [-0.05, 0) is 15.9 Å². The van der Waals surface area contributed by atoms with Crippen LogP contribution in [0.5, 0.6) is 0 Å². The number of thioether (sulfide) groups is 1. The van der Waals surface area contributed by atoms with Gasteiger partial charge in [-0.15, -0.1) is 0 Å². The molecule has 0 atom stereocenters. The molecule has 0 spiro atoms. The van der Waals surface area contributed by atoms with Gasteiger partial charge in [0.15, 0.2) is 0 Å². The van der Waals surface area contributed by atoms with Gasteiger partial charge >= 0.3 is 0 Å². The number of hydrogen-bond acceptors (Lipinski definition) is 1. The van der Waals surface area contributed by atoms with E-state index in [0.29, 0.717) is 5.75 Å². The van der Waals surface area contributed by atoms with Crippen LogP contribution in [-0.2, 0) is 0 Å². The van der Waals surface area contributed by atoms with Crippen LogP contribution in [-0.4, -0.2) is 5.75 Å². The molecule has 0 rings (SSSR count). The molecule has 0 aromatic rings. The fourth-order valence-corrected chi connectivity index (χ4v) is 1.03. The van der Waals surface area contributed by atoms with Crippen LogP contribution in [0.4, 0.5) is 8.78 Å². The van der Waals surface area contributed by atoms with Gasteiger partial charge in [0.2, 0.25) is 0 Å². The Morgan fingerprint density at radius 3 is 2.56 bits per heavy atom. The third-order valence-electron chi connectivity index (χ3n) is 0.582. The van der Waals surface area contributed by atoms with E-state index in [9.17, 15) is 8.78 Å². The van der Waals surface area contributed by atoms with Crippen LogP contribution in [0.25, 0.3) is 0 Å². The second kappa shape index (κ2) is 5.23. The van der Waals surface area contributed by atoms with E-state index in [4.69, 9.17) is 0 Å². The standard InChI is InChI=1S/C5H6BrF2S/c1-2-9-3-4(6)5(7)8/h2H,3H2,1H3/q-1. The maximum absolute atomic E-state index is 11.6. The minimum Gasteiger partial charge on any atom is -0.346 e. The molecular weight excluding hydrogens is 210 g/mol. The van der Waals surface area contributed by atoms with Crippen molar-refractivity contribution in [3.63, 3.8) is 0 Å². The average molecular weight is 216 g/mol. The maximum Gasteiger partial charge on any atom is 0.281 e. The minimum absolute atomic E-state index is 0.0226. The van der Waals surface area contributed by atoms with Crippen molar-refractivity contribution < 1.29 is 8.78 Å². The van der Waals surface area contributed by atoms with Crippen molar-refractivity contribution in [2.75, 3.05) is 5.75 Å². The second-order valence-corrected chi connectivity index (χ2v) is 3.26. The first-order valence-electron chi connectivity index (χ1n) is 2.27. The highest BCUT2D eigenvalue weighted by molar-refractivity contribution is 9.11. The summed E-state index contributed by atoms with van der Waals surface area (Å²) in [6.45, 7) is 1.81. The van der Waals surface area contributed by atoms with E-state index < -0.39 is 6.08 Å². The van der Waals surface area contributed by atoms with Crippen LogP contribution in [0, 0.1) is 5.75 Å². The smallest absolute Gasteiger partial charge is 0.281 e. The van der Waals surface area contributed by atoms with Crippen molar-refractivity contribution in [2.24, 2.45) is 0 Å². The van der Waals surface area contributed by atoms with Gasteiger partial charge in [0, 0.05) is 5.75 Å². The summed E-state index contributed by atoms with van der Waals surface area (Å²) in [5.74, 6) is 2.09. The van der Waals surface area contributed by atoms with Crippen molar-refractivity contribution in [2.45, 2.75) is 6.92 Å². The molecule has 0 amide bonds. The minimum atomic E-state index is -1.63. The van der Waals surface area contributed by atoms with Crippen LogP contribution in [0.2, 0.25) is 0 Å². The lowest BCUT2D eigenvalue weighted by molar-refractivity contribution is 0.419. The van der Waals surface area contributed by atoms with Crippen LogP contribution in [0.1, 0.15) is 6.92 Å². The van der Waals surface area contributed by atoms with Crippen LogP contribution in [0.15, 0.2) is 10.6 Å². The van der Waals surface area contributed by atoms with Gasteiger partial charge in [0.1, 0.15) is 0 Å². The summed E-state index contributed by atoms with van der Waals surface area (Å²) < 4.78 is 23.1. The molecular formula is C5H6BrF2S-. The normalized spacial score (nSPS) is 9.33. The zero-order valence-electron chi connectivity index (χ0n) is 4.83. The highest BCUT2D eigenvalue weighted by atomic mass is 79.9. The zero-order valence-corrected chi connectivity index (χ0v) is 7.23. The van der Waals surface area contributed by atoms with Crippen molar-refractivity contribution in [3.05, 3.63) is 16.3 Å². The topological polar surface area (TPSA) is 0 Å². The highest BCUT2D eigenvalue weighted by Crippen LogP contribution is 2.20. The average Bonchev–Trinajstić information content (AvgIpc) is 1.82. The Morgan fingerprint density at radius 2 is 2.22 bits per heavy atom. The molecule has 0 nitrogen and oxygen atoms in total. The molecule has 0 aliphatic rings. The van der Waals surface area contributed by atoms with Gasteiger partial charge in [-0.1, -0.05) is 0 Å². The molecule has 0 aromatic carbocycles. The number of rotatable bonds is 3. The summed E-state index contributed by atoms with van der Waals surface area (Å²) in [6.07, 6.45) is -1.63. The molecule has 0 aliphatic heterocycles. The summed E-state index contributed by atoms with van der Waals surface area (Å²) in [7, 11) is 0. The lowest BCUT2D eigenvalue weighted by atomic mass is 10.7. The SMILES string of the molecule is C[CH-]SCC(Br)=C(F)F. The van der Waals surface area contributed by atoms with Gasteiger partial charge in [0.05, 0.1) is 4.48 Å². The van der Waals surface area contributed by atoms with Gasteiger partial charge in [0.25, 0.3) is 6.08 Å². The predicted octanol–water partition coefficient (Wildman–Crippen LogP) is 3.40. The van der Waals surface area contributed by atoms with E-state index >= 15 is 0 Å². The first kappa shape index (κ1) is 9.43. The van der Waals surface area contributed by atoms with Gasteiger partial charge in [-0.25, -0.2) is 0 Å². The Hall–Kier alpha value is 0.430. The number of hydrogen-bond donors (Lipinski definition) is 0. The quantitative estimate of drug-likeness (QED) is 0.651. The molecule has 0 aliphatic carbocycles. The van der Waals surface area contributed by atoms with Crippen molar-refractivity contribution >= 4 is 27.7 Å². The van der Waals surface area contributed by atoms with Crippen molar-refractivity contribution in [1.29, 1.82) is 0 Å². The van der Waals surface area contributed by atoms with E-state index in [1.54, 1.807) is 12.7 Å². The lowest BCUT2D eigenvalue weighted by Gasteiger charge is -2.02. The molecule has 0 aromatic heterocycles. The Bertz CT molecular complexity index is 110. The first-order chi connectivity index (χ1) is 4.18. The molecule has 54 valence electrons. The third-order valence-corrected chi connectivity index (χ3v) is 2.32. The molecule has 4 heteroatoms. The fraction of sp³-hybridized carbons (Fsp3) is 0.400. The van der Waals surface area contributed by atoms with Gasteiger partial charge in [-0.2, -0.15) is 15.7 Å². The predicted molar refractivity (Wildman–Crippen MR) is 40.6 cm³/mol. The van der Waals surface area contributed by atoms with Crippen molar-refractivity contribution in [1.82, 2.24) is 0 Å². The van der Waals surface area contributed by atoms with E-state index in [-0.39, 0.29) is 4.48 Å². The lowest BCUT2D eigenvalue weighted by Crippen LogP contribution is -1.77. The summed E-state index contributed by atoms with van der Waals surface area (Å²) in [4.78, 5) is 0. The highest BCUT2D eigenvalue weighted by Gasteiger charge is 1.96. The van der Waals surface area contributed by atoms with Crippen molar-refractivity contribution in [3.8, 4) is 0 Å². The second-order valence-electron chi connectivity index (χ2n) is 1.21. The number of halogens is 3. The zero-order chi connectivity index (χ0) is 7.28. The molecule has 9 heavy (non-hydrogen) atoms. The van der Waals surface area contributed by atoms with E-state index in [0.717, 1.165) is 0 Å². The Morgan fingerprint density at radius 1 is 1.67 bits per heavy atom. The largest absolute Gasteiger partial charge is 0.346 e. The molecule has 0 radical (unpaired) electrons. The molecule has 0 N–H and O–H groups in total. The third kappa shape index (κ3) is 4.90. The summed E-state index contributed by atoms with van der Waals surface area (Å²) >= 11 is 4.07. The Balaban J connectivity index is 3.50. The van der Waals surface area contributed by atoms with Crippen LogP contribution >= 0.6 is 27.7 Å². The summed E-state index contributed by atoms with van der Waals surface area (Å²) in [5.41, 5.74) is 0. The van der Waals surface area contributed by atoms with Crippen LogP contribution in [0.3, 0.4) is 0 Å². The molecule has 0 heterocycles. The first-order valence-corrected chi connectivity index (χ1v) is 4.11.